The maximum Gasteiger partial charge on any atom is 0.306 e. The van der Waals surface area contributed by atoms with E-state index >= 15 is 0 Å². The molecule has 3 unspecified atom stereocenters. The van der Waals surface area contributed by atoms with Crippen LogP contribution in [0, 0.1) is 0 Å². The fourth-order valence-electron chi connectivity index (χ4n) is 13.7. The minimum atomic E-state index is -2.45. The summed E-state index contributed by atoms with van der Waals surface area (Å²) in [6.45, 7) is 9.36. The van der Waals surface area contributed by atoms with Crippen molar-refractivity contribution in [3.63, 3.8) is 0 Å². The second kappa shape index (κ2) is 63.8. The molecule has 2 aliphatic rings. The van der Waals surface area contributed by atoms with E-state index in [1.165, 1.54) is 199 Å². The van der Waals surface area contributed by atoms with Crippen molar-refractivity contribution in [1.29, 1.82) is 0 Å². The molecule has 2 heterocycles. The Bertz CT molecular complexity index is 1880. The van der Waals surface area contributed by atoms with Gasteiger partial charge in [-0.3, -0.25) is 24.0 Å². The number of rotatable bonds is 70. The van der Waals surface area contributed by atoms with Gasteiger partial charge < -0.3 is 53.2 Å². The zero-order valence-electron chi connectivity index (χ0n) is 63.8. The summed E-state index contributed by atoms with van der Waals surface area (Å²) in [6.07, 6.45) is 47.3. The van der Waals surface area contributed by atoms with Crippen LogP contribution in [-0.4, -0.2) is 120 Å². The molecule has 0 aromatic rings. The SMILES string of the molecule is CCCCCCCCCCCCCC(=O)OCC1O[C@@H](O[C@]2(COC(=O)CCCCCCCCCCCCC)O[C@@H](COC(=O)CCCCCCCCCCCCC)[C@@H](O)C2O)C(OC(=O)CCCCCCCCCCCCC)[C@@H](O)[C@H]1OC(=O)CCCCCCCCCCCCC. The Kier molecular flexibility index (Phi) is 59.3. The molecule has 9 atom stereocenters. The number of hydrogen-bond acceptors (Lipinski definition) is 16. The molecule has 2 rings (SSSR count). The number of carbonyl (C=O) groups excluding carboxylic acids is 5. The normalized spacial score (nSPS) is 20.8. The van der Waals surface area contributed by atoms with Gasteiger partial charge >= 0.3 is 29.8 Å². The maximum absolute atomic E-state index is 14.1. The Hall–Kier alpha value is -2.89. The number of aliphatic hydroxyl groups is 3. The van der Waals surface area contributed by atoms with Gasteiger partial charge in [-0.25, -0.2) is 0 Å². The molecule has 0 aromatic heterocycles. The van der Waals surface area contributed by atoms with Gasteiger partial charge in [-0.2, -0.15) is 0 Å². The molecule has 576 valence electrons. The lowest BCUT2D eigenvalue weighted by Gasteiger charge is -2.45. The van der Waals surface area contributed by atoms with Gasteiger partial charge in [0.1, 0.15) is 50.3 Å². The lowest BCUT2D eigenvalue weighted by Crippen LogP contribution is -2.64. The molecule has 2 aliphatic heterocycles. The van der Waals surface area contributed by atoms with Gasteiger partial charge in [0.25, 0.3) is 0 Å². The molecule has 16 nitrogen and oxygen atoms in total. The predicted octanol–water partition coefficient (Wildman–Crippen LogP) is 20.9. The van der Waals surface area contributed by atoms with Gasteiger partial charge in [0.15, 0.2) is 12.2 Å². The van der Waals surface area contributed by atoms with E-state index in [2.05, 4.69) is 34.6 Å². The summed E-state index contributed by atoms with van der Waals surface area (Å²) < 4.78 is 49.4. The fraction of sp³-hybridized carbons (Fsp3) is 0.939. The highest BCUT2D eigenvalue weighted by atomic mass is 16.8. The van der Waals surface area contributed by atoms with Crippen LogP contribution in [0.3, 0.4) is 0 Å². The molecule has 3 N–H and O–H groups in total. The molecule has 16 heteroatoms. The topological polar surface area (TPSA) is 220 Å². The summed E-state index contributed by atoms with van der Waals surface area (Å²) in [7, 11) is 0. The van der Waals surface area contributed by atoms with Gasteiger partial charge in [0.05, 0.1) is 0 Å². The van der Waals surface area contributed by atoms with Crippen molar-refractivity contribution in [1.82, 2.24) is 0 Å². The van der Waals surface area contributed by atoms with Gasteiger partial charge in [-0.05, 0) is 32.1 Å². The van der Waals surface area contributed by atoms with Crippen molar-refractivity contribution in [2.75, 3.05) is 19.8 Å². The van der Waals surface area contributed by atoms with Gasteiger partial charge in [-0.15, -0.1) is 0 Å². The van der Waals surface area contributed by atoms with E-state index in [-0.39, 0.29) is 32.1 Å². The monoisotopic (exact) mass is 1390 g/mol. The lowest BCUT2D eigenvalue weighted by molar-refractivity contribution is -0.384. The van der Waals surface area contributed by atoms with Gasteiger partial charge in [-0.1, -0.05) is 356 Å². The average molecular weight is 1390 g/mol. The summed E-state index contributed by atoms with van der Waals surface area (Å²) in [5.74, 6) is -5.37. The summed E-state index contributed by atoms with van der Waals surface area (Å²) in [4.78, 5) is 68.5. The van der Waals surface area contributed by atoms with Crippen LogP contribution in [0.5, 0.6) is 0 Å². The van der Waals surface area contributed by atoms with Crippen molar-refractivity contribution in [3.05, 3.63) is 0 Å². The zero-order chi connectivity index (χ0) is 71.2. The minimum Gasteiger partial charge on any atom is -0.463 e. The third-order valence-electron chi connectivity index (χ3n) is 20.1. The summed E-state index contributed by atoms with van der Waals surface area (Å²) in [6, 6.07) is 0. The zero-order valence-corrected chi connectivity index (χ0v) is 63.8. The molecule has 0 spiro atoms. The smallest absolute Gasteiger partial charge is 0.306 e. The lowest BCUT2D eigenvalue weighted by atomic mass is 9.97. The van der Waals surface area contributed by atoms with E-state index in [0.717, 1.165) is 122 Å². The van der Waals surface area contributed by atoms with Crippen LogP contribution in [0.4, 0.5) is 0 Å². The standard InChI is InChI=1S/C82H152O16/c1-6-11-16-21-26-31-36-41-46-51-56-61-71(83)91-66-69-76(88)80(90)82(97-69,68-93-73(85)63-58-53-48-43-38-33-28-23-18-13-8-3)98-81-79(96-75(87)65-60-55-50-45-40-35-30-25-20-15-10-5)77(89)78(95-74(86)64-59-54-49-44-39-34-29-24-19-14-9-4)70(94-81)67-92-72(84)62-57-52-47-42-37-32-27-22-17-12-7-2/h69-70,76-81,88-90H,6-68H2,1-5H3/t69-,70?,76+,77-,78-,79?,80?,81-,82-/m0/s1. The first-order chi connectivity index (χ1) is 47.9. The van der Waals surface area contributed by atoms with Crippen LogP contribution in [-0.2, 0) is 61.9 Å². The van der Waals surface area contributed by atoms with Crippen molar-refractivity contribution in [2.45, 2.75) is 475 Å². The number of aliphatic hydroxyl groups excluding tert-OH is 3. The highest BCUT2D eigenvalue weighted by molar-refractivity contribution is 5.71. The molecular weight excluding hydrogens is 1240 g/mol. The van der Waals surface area contributed by atoms with Gasteiger partial charge in [0, 0.05) is 32.1 Å². The Labute approximate surface area is 598 Å². The third kappa shape index (κ3) is 46.7. The summed E-state index contributed by atoms with van der Waals surface area (Å²) in [5, 5.41) is 36.6. The molecule has 0 saturated carbocycles. The molecular formula is C82H152O16. The highest BCUT2D eigenvalue weighted by Gasteiger charge is 2.61. The summed E-state index contributed by atoms with van der Waals surface area (Å²) in [5.41, 5.74) is 0. The first-order valence-corrected chi connectivity index (χ1v) is 41.8. The molecule has 0 aliphatic carbocycles. The van der Waals surface area contributed by atoms with Crippen LogP contribution >= 0.6 is 0 Å². The van der Waals surface area contributed by atoms with E-state index in [1.54, 1.807) is 0 Å². The Morgan fingerprint density at radius 1 is 0.296 bits per heavy atom. The van der Waals surface area contributed by atoms with Crippen LogP contribution in [0.15, 0.2) is 0 Å². The van der Waals surface area contributed by atoms with E-state index in [9.17, 15) is 39.3 Å². The van der Waals surface area contributed by atoms with E-state index in [1.807, 2.05) is 0 Å². The van der Waals surface area contributed by atoms with Crippen LogP contribution in [0.1, 0.15) is 420 Å². The fourth-order valence-corrected chi connectivity index (χ4v) is 13.7. The Morgan fingerprint density at radius 3 is 0.837 bits per heavy atom. The predicted molar refractivity (Wildman–Crippen MR) is 393 cm³/mol. The Morgan fingerprint density at radius 2 is 0.541 bits per heavy atom. The second-order valence-corrected chi connectivity index (χ2v) is 29.4. The van der Waals surface area contributed by atoms with Crippen molar-refractivity contribution >= 4 is 29.8 Å². The van der Waals surface area contributed by atoms with E-state index < -0.39 is 104 Å². The number of esters is 5. The Balaban J connectivity index is 2.44. The molecule has 0 aromatic carbocycles. The second-order valence-electron chi connectivity index (χ2n) is 29.4. The molecule has 2 fully saturated rings. The van der Waals surface area contributed by atoms with Crippen LogP contribution in [0.25, 0.3) is 0 Å². The number of hydrogen-bond donors (Lipinski definition) is 3. The molecule has 0 radical (unpaired) electrons. The minimum absolute atomic E-state index is 0.0113. The van der Waals surface area contributed by atoms with E-state index in [0.29, 0.717) is 32.1 Å². The number of ether oxygens (including phenoxy) is 8. The van der Waals surface area contributed by atoms with E-state index in [4.69, 9.17) is 37.9 Å². The quantitative estimate of drug-likeness (QED) is 0.0293. The molecule has 2 saturated heterocycles. The number of carbonyl (C=O) groups is 5. The van der Waals surface area contributed by atoms with Crippen molar-refractivity contribution < 1.29 is 77.2 Å². The largest absolute Gasteiger partial charge is 0.463 e. The van der Waals surface area contributed by atoms with Crippen molar-refractivity contribution in [2.24, 2.45) is 0 Å². The molecule has 0 amide bonds. The highest BCUT2D eigenvalue weighted by Crippen LogP contribution is 2.39. The van der Waals surface area contributed by atoms with Crippen LogP contribution in [0.2, 0.25) is 0 Å². The molecule has 98 heavy (non-hydrogen) atoms. The summed E-state index contributed by atoms with van der Waals surface area (Å²) >= 11 is 0. The number of unbranched alkanes of at least 4 members (excludes halogenated alkanes) is 50. The first-order valence-electron chi connectivity index (χ1n) is 41.8. The van der Waals surface area contributed by atoms with Crippen molar-refractivity contribution in [3.8, 4) is 0 Å². The van der Waals surface area contributed by atoms with Gasteiger partial charge in [0.2, 0.25) is 12.1 Å². The maximum atomic E-state index is 14.1. The molecule has 0 bridgehead atoms. The average Bonchev–Trinajstić information content (AvgIpc) is 1.49. The third-order valence-corrected chi connectivity index (χ3v) is 20.1. The van der Waals surface area contributed by atoms with Crippen LogP contribution < -0.4 is 0 Å². The first kappa shape index (κ1) is 91.2.